The van der Waals surface area contributed by atoms with Crippen LogP contribution in [0.2, 0.25) is 0 Å². The summed E-state index contributed by atoms with van der Waals surface area (Å²) in [5.74, 6) is 1.80. The number of hydrogen-bond acceptors (Lipinski definition) is 5. The average molecular weight is 328 g/mol. The minimum atomic E-state index is 0.837. The van der Waals surface area contributed by atoms with Gasteiger partial charge in [0.2, 0.25) is 0 Å². The molecular weight excluding hydrogens is 308 g/mol. The fourth-order valence-corrected chi connectivity index (χ4v) is 3.30. The van der Waals surface area contributed by atoms with Crippen LogP contribution >= 0.6 is 11.3 Å². The Morgan fingerprint density at radius 3 is 2.83 bits per heavy atom. The number of rotatable bonds is 6. The second-order valence-electron chi connectivity index (χ2n) is 5.48. The maximum absolute atomic E-state index is 5.43. The van der Waals surface area contributed by atoms with Crippen molar-refractivity contribution >= 4 is 11.3 Å². The minimum Gasteiger partial charge on any atom is -0.496 e. The van der Waals surface area contributed by atoms with Crippen molar-refractivity contribution in [2.75, 3.05) is 27.7 Å². The molecule has 0 amide bonds. The first-order chi connectivity index (χ1) is 11.2. The maximum atomic E-state index is 5.43. The Bertz CT molecular complexity index is 778. The number of likely N-dealkylation sites (N-methyl/N-ethyl adjacent to an activating group) is 1. The molecule has 0 aliphatic carbocycles. The van der Waals surface area contributed by atoms with Gasteiger partial charge in [0.15, 0.2) is 5.82 Å². The van der Waals surface area contributed by atoms with Gasteiger partial charge in [0.25, 0.3) is 0 Å². The standard InChI is InChI=1S/C17H20N4OS/c1-20(2)10-11-21-9-8-18-16(21)15-12-19-17(23-15)13-6-4-5-7-14(13)22-3/h4-9,12H,10-11H2,1-3H3. The van der Waals surface area contributed by atoms with Crippen LogP contribution < -0.4 is 4.74 Å². The van der Waals surface area contributed by atoms with Gasteiger partial charge in [0.1, 0.15) is 10.8 Å². The van der Waals surface area contributed by atoms with E-state index in [1.54, 1.807) is 18.4 Å². The third-order valence-corrected chi connectivity index (χ3v) is 4.59. The Morgan fingerprint density at radius 2 is 2.04 bits per heavy atom. The summed E-state index contributed by atoms with van der Waals surface area (Å²) >= 11 is 1.63. The van der Waals surface area contributed by atoms with Crippen LogP contribution in [0.3, 0.4) is 0 Å². The number of ether oxygens (including phenoxy) is 1. The molecule has 23 heavy (non-hydrogen) atoms. The smallest absolute Gasteiger partial charge is 0.151 e. The van der Waals surface area contributed by atoms with E-state index in [1.165, 1.54) is 0 Å². The highest BCUT2D eigenvalue weighted by atomic mass is 32.1. The predicted molar refractivity (Wildman–Crippen MR) is 93.9 cm³/mol. The summed E-state index contributed by atoms with van der Waals surface area (Å²) in [6, 6.07) is 7.94. The van der Waals surface area contributed by atoms with Gasteiger partial charge >= 0.3 is 0 Å². The SMILES string of the molecule is COc1ccccc1-c1ncc(-c2nccn2CCN(C)C)s1. The van der Waals surface area contributed by atoms with E-state index in [1.807, 2.05) is 42.9 Å². The summed E-state index contributed by atoms with van der Waals surface area (Å²) in [5, 5.41) is 0.944. The van der Waals surface area contributed by atoms with Gasteiger partial charge in [0.05, 0.1) is 17.6 Å². The summed E-state index contributed by atoms with van der Waals surface area (Å²) in [4.78, 5) is 12.3. The first-order valence-corrected chi connectivity index (χ1v) is 8.26. The molecule has 0 N–H and O–H groups in total. The van der Waals surface area contributed by atoms with Crippen LogP contribution in [0.5, 0.6) is 5.75 Å². The molecule has 0 unspecified atom stereocenters. The topological polar surface area (TPSA) is 43.2 Å². The number of methoxy groups -OCH3 is 1. The molecule has 3 rings (SSSR count). The zero-order chi connectivity index (χ0) is 16.2. The van der Waals surface area contributed by atoms with E-state index >= 15 is 0 Å². The van der Waals surface area contributed by atoms with Gasteiger partial charge in [-0.1, -0.05) is 12.1 Å². The minimum absolute atomic E-state index is 0.837. The second kappa shape index (κ2) is 6.93. The summed E-state index contributed by atoms with van der Waals surface area (Å²) in [6.45, 7) is 1.88. The van der Waals surface area contributed by atoms with Crippen LogP contribution in [0, 0.1) is 0 Å². The number of thiazole rings is 1. The van der Waals surface area contributed by atoms with E-state index in [9.17, 15) is 0 Å². The van der Waals surface area contributed by atoms with E-state index in [4.69, 9.17) is 4.74 Å². The maximum Gasteiger partial charge on any atom is 0.151 e. The number of nitrogens with zero attached hydrogens (tertiary/aromatic N) is 4. The highest BCUT2D eigenvalue weighted by Crippen LogP contribution is 2.35. The van der Waals surface area contributed by atoms with Crippen molar-refractivity contribution in [3.05, 3.63) is 42.9 Å². The summed E-state index contributed by atoms with van der Waals surface area (Å²) < 4.78 is 7.59. The van der Waals surface area contributed by atoms with Gasteiger partial charge in [-0.15, -0.1) is 11.3 Å². The first kappa shape index (κ1) is 15.7. The van der Waals surface area contributed by atoms with E-state index in [-0.39, 0.29) is 0 Å². The van der Waals surface area contributed by atoms with Gasteiger partial charge < -0.3 is 14.2 Å². The Balaban J connectivity index is 1.89. The predicted octanol–water partition coefficient (Wildman–Crippen LogP) is 3.24. The van der Waals surface area contributed by atoms with Gasteiger partial charge in [-0.3, -0.25) is 0 Å². The second-order valence-corrected chi connectivity index (χ2v) is 6.51. The Hall–Kier alpha value is -2.18. The molecule has 0 radical (unpaired) electrons. The van der Waals surface area contributed by atoms with Crippen molar-refractivity contribution in [1.29, 1.82) is 0 Å². The van der Waals surface area contributed by atoms with Crippen LogP contribution in [0.25, 0.3) is 21.3 Å². The molecule has 0 aliphatic rings. The van der Waals surface area contributed by atoms with Crippen molar-refractivity contribution in [3.8, 4) is 27.0 Å². The molecule has 0 atom stereocenters. The van der Waals surface area contributed by atoms with Gasteiger partial charge in [-0.2, -0.15) is 0 Å². The van der Waals surface area contributed by atoms with Crippen LogP contribution in [-0.4, -0.2) is 47.2 Å². The Labute approximate surface area is 140 Å². The molecule has 3 aromatic rings. The molecule has 0 bridgehead atoms. The molecule has 2 heterocycles. The Kier molecular flexibility index (Phi) is 4.73. The lowest BCUT2D eigenvalue weighted by Crippen LogP contribution is -2.18. The molecule has 6 heteroatoms. The van der Waals surface area contributed by atoms with Crippen molar-refractivity contribution in [3.63, 3.8) is 0 Å². The molecule has 120 valence electrons. The molecule has 2 aromatic heterocycles. The summed E-state index contributed by atoms with van der Waals surface area (Å²) in [5.41, 5.74) is 1.01. The van der Waals surface area contributed by atoms with Crippen LogP contribution in [0.15, 0.2) is 42.9 Å². The normalized spacial score (nSPS) is 11.1. The molecule has 0 saturated heterocycles. The van der Waals surface area contributed by atoms with E-state index < -0.39 is 0 Å². The average Bonchev–Trinajstić information content (AvgIpc) is 3.21. The molecular formula is C17H20N4OS. The molecule has 1 aromatic carbocycles. The summed E-state index contributed by atoms with van der Waals surface area (Å²) in [7, 11) is 5.83. The third-order valence-electron chi connectivity index (χ3n) is 3.57. The van der Waals surface area contributed by atoms with Gasteiger partial charge in [-0.05, 0) is 26.2 Å². The highest BCUT2D eigenvalue weighted by molar-refractivity contribution is 7.18. The van der Waals surface area contributed by atoms with Crippen molar-refractivity contribution < 1.29 is 4.74 Å². The van der Waals surface area contributed by atoms with Crippen molar-refractivity contribution in [1.82, 2.24) is 19.4 Å². The van der Waals surface area contributed by atoms with Crippen LogP contribution in [-0.2, 0) is 6.54 Å². The van der Waals surface area contributed by atoms with E-state index in [2.05, 4.69) is 33.5 Å². The zero-order valence-corrected chi connectivity index (χ0v) is 14.4. The van der Waals surface area contributed by atoms with E-state index in [0.29, 0.717) is 0 Å². The Morgan fingerprint density at radius 1 is 1.22 bits per heavy atom. The number of benzene rings is 1. The number of aromatic nitrogens is 3. The quantitative estimate of drug-likeness (QED) is 0.697. The van der Waals surface area contributed by atoms with Crippen molar-refractivity contribution in [2.24, 2.45) is 0 Å². The number of para-hydroxylation sites is 1. The number of hydrogen-bond donors (Lipinski definition) is 0. The number of imidazole rings is 1. The lowest BCUT2D eigenvalue weighted by molar-refractivity contribution is 0.385. The summed E-state index contributed by atoms with van der Waals surface area (Å²) in [6.07, 6.45) is 5.75. The molecule has 0 fully saturated rings. The third kappa shape index (κ3) is 3.43. The van der Waals surface area contributed by atoms with Crippen LogP contribution in [0.4, 0.5) is 0 Å². The largest absolute Gasteiger partial charge is 0.496 e. The first-order valence-electron chi connectivity index (χ1n) is 7.44. The monoisotopic (exact) mass is 328 g/mol. The van der Waals surface area contributed by atoms with E-state index in [0.717, 1.165) is 40.1 Å². The van der Waals surface area contributed by atoms with Gasteiger partial charge in [0, 0.05) is 31.7 Å². The van der Waals surface area contributed by atoms with Crippen LogP contribution in [0.1, 0.15) is 0 Å². The highest BCUT2D eigenvalue weighted by Gasteiger charge is 2.13. The van der Waals surface area contributed by atoms with Gasteiger partial charge in [-0.25, -0.2) is 9.97 Å². The lowest BCUT2D eigenvalue weighted by Gasteiger charge is -2.11. The lowest BCUT2D eigenvalue weighted by atomic mass is 10.2. The molecule has 0 aliphatic heterocycles. The van der Waals surface area contributed by atoms with Crippen molar-refractivity contribution in [2.45, 2.75) is 6.54 Å². The zero-order valence-electron chi connectivity index (χ0n) is 13.6. The molecule has 0 saturated carbocycles. The molecule has 0 spiro atoms. The fourth-order valence-electron chi connectivity index (χ4n) is 2.35. The fraction of sp³-hybridized carbons (Fsp3) is 0.294. The molecule has 5 nitrogen and oxygen atoms in total.